The van der Waals surface area contributed by atoms with E-state index in [4.69, 9.17) is 22.8 Å². The van der Waals surface area contributed by atoms with E-state index in [1.165, 1.54) is 24.3 Å². The second-order valence-electron chi connectivity index (χ2n) is 7.40. The third kappa shape index (κ3) is 5.30. The van der Waals surface area contributed by atoms with Crippen molar-refractivity contribution in [1.82, 2.24) is 4.98 Å². The van der Waals surface area contributed by atoms with E-state index in [0.717, 1.165) is 29.0 Å². The number of fused-ring (bicyclic) bond motifs is 1. The van der Waals surface area contributed by atoms with Gasteiger partial charge in [0.25, 0.3) is 0 Å². The maximum Gasteiger partial charge on any atom is 0.338 e. The lowest BCUT2D eigenvalue weighted by Gasteiger charge is -2.16. The van der Waals surface area contributed by atoms with Crippen LogP contribution in [0.3, 0.4) is 0 Å². The first-order valence-corrected chi connectivity index (χ1v) is 10.3. The highest BCUT2D eigenvalue weighted by atomic mass is 16.5. The number of amides is 1. The van der Waals surface area contributed by atoms with E-state index in [2.05, 4.69) is 10.3 Å². The average Bonchev–Trinajstić information content (AvgIpc) is 2.95. The molecule has 0 radical (unpaired) electrons. The zero-order chi connectivity index (χ0) is 31.8. The summed E-state index contributed by atoms with van der Waals surface area (Å²) in [6.07, 6.45) is 3.29. The number of nitrogens with one attached hydrogen (secondary N) is 1. The number of aromatic nitrogens is 1. The van der Waals surface area contributed by atoms with Crippen LogP contribution < -0.4 is 11.1 Å². The molecule has 0 fully saturated rings. The van der Waals surface area contributed by atoms with Crippen LogP contribution in [0.25, 0.3) is 10.8 Å². The maximum atomic E-state index is 13.2. The van der Waals surface area contributed by atoms with Crippen LogP contribution in [0.1, 0.15) is 50.8 Å². The lowest BCUT2D eigenvalue weighted by Crippen LogP contribution is -2.27. The van der Waals surface area contributed by atoms with Crippen LogP contribution in [0, 0.1) is 13.7 Å². The zero-order valence-electron chi connectivity index (χ0n) is 27.0. The second kappa shape index (κ2) is 10.3. The molecule has 34 heavy (non-hydrogen) atoms. The minimum Gasteiger partial charge on any atom is -0.457 e. The number of aryl methyl sites for hydroxylation is 2. The summed E-state index contributed by atoms with van der Waals surface area (Å²) in [7, 11) is 0. The number of esters is 1. The highest BCUT2D eigenvalue weighted by molar-refractivity contribution is 5.98. The summed E-state index contributed by atoms with van der Waals surface area (Å²) in [6, 6.07) is 14.9. The summed E-state index contributed by atoms with van der Waals surface area (Å²) in [5.41, 5.74) is 4.87. The molecule has 1 heterocycles. The Balaban J connectivity index is 1.55. The Kier molecular flexibility index (Phi) is 4.31. The fourth-order valence-electron chi connectivity index (χ4n) is 3.33. The fourth-order valence-corrected chi connectivity index (χ4v) is 3.33. The van der Waals surface area contributed by atoms with Gasteiger partial charge in [-0.05, 0) is 60.0 Å². The molecule has 0 saturated carbocycles. The molecule has 4 rings (SSSR count). The molecule has 6 heteroatoms. The number of pyridine rings is 1. The topological polar surface area (TPSA) is 94.3 Å². The summed E-state index contributed by atoms with van der Waals surface area (Å²) in [4.78, 5) is 30.1. The lowest BCUT2D eigenvalue weighted by atomic mass is 9.97. The van der Waals surface area contributed by atoms with E-state index < -0.39 is 55.7 Å². The number of ether oxygens (including phenoxy) is 1. The predicted molar refractivity (Wildman–Crippen MR) is 134 cm³/mol. The first-order valence-electron chi connectivity index (χ1n) is 14.8. The summed E-state index contributed by atoms with van der Waals surface area (Å²) in [6.45, 7) is -8.67. The van der Waals surface area contributed by atoms with Gasteiger partial charge in [0.1, 0.15) is 6.56 Å². The molecule has 0 aliphatic heterocycles. The molecule has 0 aliphatic rings. The van der Waals surface area contributed by atoms with E-state index in [9.17, 15) is 9.59 Å². The van der Waals surface area contributed by atoms with Gasteiger partial charge < -0.3 is 15.8 Å². The minimum absolute atomic E-state index is 0.147. The Morgan fingerprint density at radius 1 is 1.09 bits per heavy atom. The van der Waals surface area contributed by atoms with Gasteiger partial charge in [0, 0.05) is 39.6 Å². The standard InChI is InChI=1S/C28H27N3O3/c1-18-3-10-25(19(2)13-18)28(33)34-17-20-4-6-21(7-5-20)26(15-29)27(32)31-24-9-8-23-16-30-12-11-22(23)14-24/h3-14,16,26H,15,17,29H2,1-2H3,(H,31,32)/i1D3,2D3,17D2,26D. The SMILES string of the molecule is [2H]C([2H])([2H])c1ccc(C(=O)OC([2H])([2H])c2ccc(C([2H])(CN)C(=O)Nc3ccc4cnccc4c3)cc2)c(C([2H])([2H])[2H])c1. The molecular weight excluding hydrogens is 426 g/mol. The Hall–Kier alpha value is -4.03. The van der Waals surface area contributed by atoms with Crippen LogP contribution in [0.4, 0.5) is 5.69 Å². The van der Waals surface area contributed by atoms with Crippen LogP contribution in [-0.4, -0.2) is 23.4 Å². The molecule has 1 atom stereocenters. The first kappa shape index (κ1) is 14.3. The Morgan fingerprint density at radius 3 is 2.71 bits per heavy atom. The molecule has 1 aromatic heterocycles. The summed E-state index contributed by atoms with van der Waals surface area (Å²) in [5, 5.41) is 4.39. The van der Waals surface area contributed by atoms with Crippen molar-refractivity contribution in [2.24, 2.45) is 5.73 Å². The normalized spacial score (nSPS) is 17.7. The molecule has 0 bridgehead atoms. The molecule has 3 N–H and O–H groups in total. The molecule has 0 saturated heterocycles. The third-order valence-corrected chi connectivity index (χ3v) is 5.11. The van der Waals surface area contributed by atoms with Crippen LogP contribution >= 0.6 is 0 Å². The van der Waals surface area contributed by atoms with Gasteiger partial charge in [0.15, 0.2) is 0 Å². The number of benzene rings is 3. The van der Waals surface area contributed by atoms with Gasteiger partial charge in [-0.3, -0.25) is 9.78 Å². The van der Waals surface area contributed by atoms with Gasteiger partial charge in [-0.25, -0.2) is 4.79 Å². The van der Waals surface area contributed by atoms with Gasteiger partial charge in [0.2, 0.25) is 5.91 Å². The Bertz CT molecular complexity index is 1670. The largest absolute Gasteiger partial charge is 0.457 e. The molecule has 1 unspecified atom stereocenters. The molecule has 3 aromatic carbocycles. The van der Waals surface area contributed by atoms with Crippen molar-refractivity contribution in [1.29, 1.82) is 0 Å². The highest BCUT2D eigenvalue weighted by Crippen LogP contribution is 2.22. The molecule has 4 aromatic rings. The monoisotopic (exact) mass is 462 g/mol. The minimum atomic E-state index is -2.88. The molecule has 0 spiro atoms. The summed E-state index contributed by atoms with van der Waals surface area (Å²) >= 11 is 0. The number of carbonyl (C=O) groups excluding carboxylic acids is 2. The molecule has 172 valence electrons. The van der Waals surface area contributed by atoms with Crippen molar-refractivity contribution in [3.05, 3.63) is 107 Å². The number of carbonyl (C=O) groups is 2. The maximum absolute atomic E-state index is 13.2. The van der Waals surface area contributed by atoms with E-state index in [0.29, 0.717) is 5.69 Å². The Morgan fingerprint density at radius 2 is 1.94 bits per heavy atom. The number of hydrogen-bond donors (Lipinski definition) is 2. The number of anilines is 1. The van der Waals surface area contributed by atoms with Gasteiger partial charge in [-0.2, -0.15) is 0 Å². The number of nitrogens with two attached hydrogens (primary N) is 1. The zero-order valence-corrected chi connectivity index (χ0v) is 18.0. The first-order chi connectivity index (χ1) is 20.0. The molecule has 6 nitrogen and oxygen atoms in total. The smallest absolute Gasteiger partial charge is 0.338 e. The second-order valence-corrected chi connectivity index (χ2v) is 7.40. The molecule has 1 amide bonds. The lowest BCUT2D eigenvalue weighted by molar-refractivity contribution is -0.117. The Labute approximate surface area is 211 Å². The van der Waals surface area contributed by atoms with Crippen molar-refractivity contribution in [2.45, 2.75) is 26.2 Å². The number of nitrogens with zero attached hydrogens (tertiary/aromatic N) is 1. The molecular formula is C28H27N3O3. The average molecular weight is 463 g/mol. The van der Waals surface area contributed by atoms with Crippen molar-refractivity contribution >= 4 is 28.3 Å². The van der Waals surface area contributed by atoms with Gasteiger partial charge in [-0.15, -0.1) is 0 Å². The van der Waals surface area contributed by atoms with Crippen LogP contribution in [-0.2, 0) is 16.1 Å². The molecule has 0 aliphatic carbocycles. The van der Waals surface area contributed by atoms with Gasteiger partial charge in [0.05, 0.1) is 14.2 Å². The highest BCUT2D eigenvalue weighted by Gasteiger charge is 2.19. The van der Waals surface area contributed by atoms with Crippen molar-refractivity contribution < 1.29 is 26.7 Å². The van der Waals surface area contributed by atoms with E-state index in [1.807, 2.05) is 0 Å². The van der Waals surface area contributed by atoms with Gasteiger partial charge >= 0.3 is 5.97 Å². The van der Waals surface area contributed by atoms with E-state index in [1.54, 1.807) is 36.7 Å². The third-order valence-electron chi connectivity index (χ3n) is 5.11. The van der Waals surface area contributed by atoms with Gasteiger partial charge in [-0.1, -0.05) is 48.0 Å². The van der Waals surface area contributed by atoms with Crippen LogP contribution in [0.2, 0.25) is 0 Å². The van der Waals surface area contributed by atoms with Crippen molar-refractivity contribution in [3.63, 3.8) is 0 Å². The predicted octanol–water partition coefficient (Wildman–Crippen LogP) is 4.89. The number of hydrogen-bond acceptors (Lipinski definition) is 5. The van der Waals surface area contributed by atoms with E-state index in [-0.39, 0.29) is 16.7 Å². The fraction of sp³-hybridized carbons (Fsp3) is 0.179. The quantitative estimate of drug-likeness (QED) is 0.381. The van der Waals surface area contributed by atoms with Crippen molar-refractivity contribution in [3.8, 4) is 0 Å². The number of rotatable bonds is 7. The summed E-state index contributed by atoms with van der Waals surface area (Å²) < 4.78 is 76.2. The van der Waals surface area contributed by atoms with Crippen LogP contribution in [0.15, 0.2) is 79.1 Å². The van der Waals surface area contributed by atoms with Crippen molar-refractivity contribution in [2.75, 3.05) is 11.9 Å². The summed E-state index contributed by atoms with van der Waals surface area (Å²) in [5.74, 6) is -3.99. The van der Waals surface area contributed by atoms with Crippen LogP contribution in [0.5, 0.6) is 0 Å². The van der Waals surface area contributed by atoms with E-state index >= 15 is 0 Å².